The third-order valence-electron chi connectivity index (χ3n) is 6.40. The minimum absolute atomic E-state index is 0.00547. The summed E-state index contributed by atoms with van der Waals surface area (Å²) in [5.41, 5.74) is 3.73. The molecule has 6 nitrogen and oxygen atoms in total. The molecule has 1 atom stereocenters. The first-order valence-corrected chi connectivity index (χ1v) is 10.6. The molecule has 5 rings (SSSR count). The largest absolute Gasteiger partial charge is 0.353 e. The van der Waals surface area contributed by atoms with Gasteiger partial charge in [-0.3, -0.25) is 9.78 Å². The van der Waals surface area contributed by atoms with E-state index in [0.717, 1.165) is 43.9 Å². The number of benzene rings is 1. The lowest BCUT2D eigenvalue weighted by Gasteiger charge is -2.37. The zero-order valence-electron chi connectivity index (χ0n) is 17.0. The number of nitrogens with zero attached hydrogens (tertiary/aromatic N) is 5. The summed E-state index contributed by atoms with van der Waals surface area (Å²) in [7, 11) is 0. The second-order valence-corrected chi connectivity index (χ2v) is 8.03. The summed E-state index contributed by atoms with van der Waals surface area (Å²) in [6, 6.07) is 8.47. The molecule has 0 unspecified atom stereocenters. The second kappa shape index (κ2) is 7.86. The van der Waals surface area contributed by atoms with Gasteiger partial charge in [-0.15, -0.1) is 0 Å². The highest BCUT2D eigenvalue weighted by Crippen LogP contribution is 2.37. The van der Waals surface area contributed by atoms with E-state index in [1.807, 2.05) is 17.3 Å². The maximum absolute atomic E-state index is 11.9. The third-order valence-corrected chi connectivity index (χ3v) is 6.40. The summed E-state index contributed by atoms with van der Waals surface area (Å²) in [4.78, 5) is 29.8. The normalized spacial score (nSPS) is 18.9. The van der Waals surface area contributed by atoms with E-state index in [9.17, 15) is 4.79 Å². The molecule has 1 fully saturated rings. The van der Waals surface area contributed by atoms with Gasteiger partial charge in [0.2, 0.25) is 5.91 Å². The highest BCUT2D eigenvalue weighted by atomic mass is 16.2. The molecular weight excluding hydrogens is 374 g/mol. The lowest BCUT2D eigenvalue weighted by molar-refractivity contribution is -0.126. The fourth-order valence-corrected chi connectivity index (χ4v) is 4.80. The predicted octanol–water partition coefficient (Wildman–Crippen LogP) is 3.13. The molecule has 0 saturated carbocycles. The van der Waals surface area contributed by atoms with Crippen LogP contribution in [0.25, 0.3) is 10.8 Å². The van der Waals surface area contributed by atoms with E-state index in [-0.39, 0.29) is 5.91 Å². The summed E-state index contributed by atoms with van der Waals surface area (Å²) in [6.07, 6.45) is 9.99. The van der Waals surface area contributed by atoms with E-state index in [1.165, 1.54) is 28.0 Å². The summed E-state index contributed by atoms with van der Waals surface area (Å²) < 4.78 is 0. The van der Waals surface area contributed by atoms with Crippen LogP contribution in [0.1, 0.15) is 29.2 Å². The molecule has 2 aliphatic rings. The van der Waals surface area contributed by atoms with Crippen molar-refractivity contribution >= 4 is 22.5 Å². The number of fused-ring (bicyclic) bond motifs is 2. The zero-order valence-corrected chi connectivity index (χ0v) is 17.0. The molecule has 0 radical (unpaired) electrons. The Morgan fingerprint density at radius 3 is 2.77 bits per heavy atom. The Bertz CT molecular complexity index is 1100. The number of anilines is 1. The number of piperazine rings is 1. The minimum atomic E-state index is 0.00547. The molecule has 1 aliphatic heterocycles. The number of aromatic nitrogens is 3. The summed E-state index contributed by atoms with van der Waals surface area (Å²) in [5, 5.41) is 2.48. The van der Waals surface area contributed by atoms with Gasteiger partial charge in [0.15, 0.2) is 0 Å². The topological polar surface area (TPSA) is 62.2 Å². The van der Waals surface area contributed by atoms with Crippen molar-refractivity contribution < 1.29 is 4.79 Å². The third kappa shape index (κ3) is 3.32. The molecule has 6 heteroatoms. The van der Waals surface area contributed by atoms with Gasteiger partial charge >= 0.3 is 0 Å². The highest BCUT2D eigenvalue weighted by Gasteiger charge is 2.28. The minimum Gasteiger partial charge on any atom is -0.353 e. The Balaban J connectivity index is 1.39. The van der Waals surface area contributed by atoms with E-state index in [0.29, 0.717) is 19.0 Å². The summed E-state index contributed by atoms with van der Waals surface area (Å²) >= 11 is 0. The first-order chi connectivity index (χ1) is 14.7. The molecule has 1 saturated heterocycles. The van der Waals surface area contributed by atoms with Crippen LogP contribution in [0.4, 0.5) is 5.82 Å². The zero-order chi connectivity index (χ0) is 20.5. The SMILES string of the molecule is C=CC(=O)N1CCN(c2ncnc3c2CC[C@@H](c2cncc4ccccc24)C3)CC1. The van der Waals surface area contributed by atoms with E-state index < -0.39 is 0 Å². The van der Waals surface area contributed by atoms with Gasteiger partial charge in [-0.2, -0.15) is 0 Å². The lowest BCUT2D eigenvalue weighted by Crippen LogP contribution is -2.49. The van der Waals surface area contributed by atoms with Gasteiger partial charge in [0.25, 0.3) is 0 Å². The van der Waals surface area contributed by atoms with Gasteiger partial charge in [0.1, 0.15) is 12.1 Å². The average molecular weight is 399 g/mol. The fraction of sp³-hybridized carbons (Fsp3) is 0.333. The molecule has 3 aromatic rings. The van der Waals surface area contributed by atoms with Gasteiger partial charge < -0.3 is 9.80 Å². The number of amides is 1. The van der Waals surface area contributed by atoms with Gasteiger partial charge in [-0.1, -0.05) is 30.8 Å². The molecule has 30 heavy (non-hydrogen) atoms. The first kappa shape index (κ1) is 18.7. The predicted molar refractivity (Wildman–Crippen MR) is 118 cm³/mol. The Hall–Kier alpha value is -3.28. The van der Waals surface area contributed by atoms with Gasteiger partial charge in [-0.25, -0.2) is 9.97 Å². The van der Waals surface area contributed by atoms with Crippen LogP contribution in [-0.4, -0.2) is 51.9 Å². The van der Waals surface area contributed by atoms with Gasteiger partial charge in [-0.05, 0) is 42.2 Å². The van der Waals surface area contributed by atoms with Crippen molar-refractivity contribution in [3.8, 4) is 0 Å². The van der Waals surface area contributed by atoms with Crippen LogP contribution < -0.4 is 4.90 Å². The summed E-state index contributed by atoms with van der Waals surface area (Å²) in [5.74, 6) is 1.46. The molecule has 0 N–H and O–H groups in total. The van der Waals surface area contributed by atoms with E-state index in [2.05, 4.69) is 50.7 Å². The molecule has 152 valence electrons. The van der Waals surface area contributed by atoms with E-state index in [4.69, 9.17) is 0 Å². The lowest BCUT2D eigenvalue weighted by atomic mass is 9.81. The molecule has 1 amide bonds. The van der Waals surface area contributed by atoms with Crippen LogP contribution in [-0.2, 0) is 17.6 Å². The monoisotopic (exact) mass is 399 g/mol. The van der Waals surface area contributed by atoms with Crippen molar-refractivity contribution in [2.45, 2.75) is 25.2 Å². The average Bonchev–Trinajstić information content (AvgIpc) is 2.82. The van der Waals surface area contributed by atoms with Crippen molar-refractivity contribution in [1.29, 1.82) is 0 Å². The Morgan fingerprint density at radius 2 is 1.93 bits per heavy atom. The maximum atomic E-state index is 11.9. The van der Waals surface area contributed by atoms with Crippen LogP contribution >= 0.6 is 0 Å². The smallest absolute Gasteiger partial charge is 0.246 e. The van der Waals surface area contributed by atoms with Crippen molar-refractivity contribution in [2.24, 2.45) is 0 Å². The number of rotatable bonds is 3. The maximum Gasteiger partial charge on any atom is 0.246 e. The summed E-state index contributed by atoms with van der Waals surface area (Å²) in [6.45, 7) is 6.58. The first-order valence-electron chi connectivity index (χ1n) is 10.6. The van der Waals surface area contributed by atoms with Crippen molar-refractivity contribution in [2.75, 3.05) is 31.1 Å². The van der Waals surface area contributed by atoms with Crippen molar-refractivity contribution in [3.63, 3.8) is 0 Å². The van der Waals surface area contributed by atoms with Crippen LogP contribution in [0, 0.1) is 0 Å². The number of carbonyl (C=O) groups is 1. The molecule has 0 bridgehead atoms. The number of hydrogen-bond donors (Lipinski definition) is 0. The van der Waals surface area contributed by atoms with E-state index >= 15 is 0 Å². The van der Waals surface area contributed by atoms with Crippen LogP contribution in [0.15, 0.2) is 55.6 Å². The number of pyridine rings is 1. The van der Waals surface area contributed by atoms with Crippen molar-refractivity contribution in [1.82, 2.24) is 19.9 Å². The molecule has 0 spiro atoms. The van der Waals surface area contributed by atoms with Crippen LogP contribution in [0.3, 0.4) is 0 Å². The molecule has 2 aromatic heterocycles. The van der Waals surface area contributed by atoms with Gasteiger partial charge in [0.05, 0.1) is 0 Å². The number of carbonyl (C=O) groups excluding carboxylic acids is 1. The fourth-order valence-electron chi connectivity index (χ4n) is 4.80. The molecule has 1 aliphatic carbocycles. The van der Waals surface area contributed by atoms with Crippen LogP contribution in [0.2, 0.25) is 0 Å². The Kier molecular flexibility index (Phi) is 4.91. The van der Waals surface area contributed by atoms with E-state index in [1.54, 1.807) is 6.33 Å². The molecular formula is C24H25N5O. The van der Waals surface area contributed by atoms with Gasteiger partial charge in [0, 0.05) is 55.2 Å². The molecule has 3 heterocycles. The Morgan fingerprint density at radius 1 is 1.10 bits per heavy atom. The Labute approximate surface area is 176 Å². The second-order valence-electron chi connectivity index (χ2n) is 8.03. The quantitative estimate of drug-likeness (QED) is 0.633. The molecule has 1 aromatic carbocycles. The van der Waals surface area contributed by atoms with Crippen LogP contribution in [0.5, 0.6) is 0 Å². The standard InChI is InChI=1S/C24H25N5O/c1-2-23(30)28-9-11-29(12-10-28)24-20-8-7-17(13-22(20)26-16-27-24)21-15-25-14-18-5-3-4-6-19(18)21/h2-6,14-17H,1,7-13H2/t17-/m1/s1. The number of hydrogen-bond acceptors (Lipinski definition) is 5. The highest BCUT2D eigenvalue weighted by molar-refractivity contribution is 5.87. The van der Waals surface area contributed by atoms with Crippen molar-refractivity contribution in [3.05, 3.63) is 72.5 Å².